The summed E-state index contributed by atoms with van der Waals surface area (Å²) in [6.07, 6.45) is 2.11. The predicted molar refractivity (Wildman–Crippen MR) is 44.9 cm³/mol. The Kier molecular flexibility index (Phi) is 3.12. The van der Waals surface area contributed by atoms with Gasteiger partial charge in [0.1, 0.15) is 0 Å². The van der Waals surface area contributed by atoms with Gasteiger partial charge in [-0.15, -0.1) is 0 Å². The van der Waals surface area contributed by atoms with Crippen molar-refractivity contribution in [2.45, 2.75) is 0 Å². The molecule has 0 aliphatic carbocycles. The van der Waals surface area contributed by atoms with E-state index >= 15 is 0 Å². The summed E-state index contributed by atoms with van der Waals surface area (Å²) in [5, 5.41) is 2.88. The fourth-order valence-corrected chi connectivity index (χ4v) is 0.743. The second-order valence-corrected chi connectivity index (χ2v) is 2.15. The van der Waals surface area contributed by atoms with Gasteiger partial charge in [-0.3, -0.25) is 4.79 Å². The first-order chi connectivity index (χ1) is 5.88. The van der Waals surface area contributed by atoms with Crippen LogP contribution in [0.3, 0.4) is 0 Å². The van der Waals surface area contributed by atoms with Crippen LogP contribution < -0.4 is 5.32 Å². The maximum Gasteiger partial charge on any atom is 0.186 e. The topological polar surface area (TPSA) is 42.2 Å². The van der Waals surface area contributed by atoms with Gasteiger partial charge in [0.15, 0.2) is 12.0 Å². The van der Waals surface area contributed by atoms with Crippen LogP contribution in [0.2, 0.25) is 0 Å². The molecule has 0 fully saturated rings. The third-order valence-corrected chi connectivity index (χ3v) is 1.29. The fraction of sp³-hybridized carbons (Fsp3) is 0.222. The van der Waals surface area contributed by atoms with E-state index in [9.17, 15) is 4.79 Å². The smallest absolute Gasteiger partial charge is 0.186 e. The quantitative estimate of drug-likeness (QED) is 0.514. The lowest BCUT2D eigenvalue weighted by Gasteiger charge is -1.83. The van der Waals surface area contributed by atoms with Crippen molar-refractivity contribution in [3.8, 4) is 11.8 Å². The summed E-state index contributed by atoms with van der Waals surface area (Å²) >= 11 is 0. The number of carbonyl (C=O) groups is 1. The minimum Gasteiger partial charge on any atom is -0.460 e. The first-order valence-electron chi connectivity index (χ1n) is 3.54. The van der Waals surface area contributed by atoms with Crippen LogP contribution in [0.1, 0.15) is 16.1 Å². The SMILES string of the molecule is CNCC#Cc1ccoc1C=O. The first kappa shape index (κ1) is 8.57. The van der Waals surface area contributed by atoms with Gasteiger partial charge in [0.05, 0.1) is 18.4 Å². The molecule has 0 radical (unpaired) electrons. The number of carbonyl (C=O) groups excluding carboxylic acids is 1. The van der Waals surface area contributed by atoms with Crippen molar-refractivity contribution in [1.29, 1.82) is 0 Å². The van der Waals surface area contributed by atoms with Crippen molar-refractivity contribution in [2.75, 3.05) is 13.6 Å². The van der Waals surface area contributed by atoms with E-state index in [1.165, 1.54) is 6.26 Å². The van der Waals surface area contributed by atoms with Crippen LogP contribution in [0, 0.1) is 11.8 Å². The Morgan fingerprint density at radius 1 is 1.75 bits per heavy atom. The molecule has 0 aliphatic rings. The van der Waals surface area contributed by atoms with Crippen LogP contribution in [-0.2, 0) is 0 Å². The minimum atomic E-state index is 0.290. The molecule has 1 rings (SSSR count). The van der Waals surface area contributed by atoms with E-state index in [0.717, 1.165) is 0 Å². The Morgan fingerprint density at radius 2 is 2.58 bits per heavy atom. The monoisotopic (exact) mass is 163 g/mol. The lowest BCUT2D eigenvalue weighted by molar-refractivity contribution is 0.110. The van der Waals surface area contributed by atoms with E-state index in [2.05, 4.69) is 17.2 Å². The summed E-state index contributed by atoms with van der Waals surface area (Å²) < 4.78 is 4.85. The zero-order chi connectivity index (χ0) is 8.81. The molecule has 3 nitrogen and oxygen atoms in total. The third-order valence-electron chi connectivity index (χ3n) is 1.29. The summed E-state index contributed by atoms with van der Waals surface area (Å²) in [5.74, 6) is 5.93. The molecule has 1 aromatic heterocycles. The van der Waals surface area contributed by atoms with Crippen molar-refractivity contribution < 1.29 is 9.21 Å². The lowest BCUT2D eigenvalue weighted by atomic mass is 10.2. The number of hydrogen-bond donors (Lipinski definition) is 1. The summed E-state index contributed by atoms with van der Waals surface area (Å²) in [7, 11) is 1.81. The van der Waals surface area contributed by atoms with Crippen LogP contribution in [0.15, 0.2) is 16.7 Å². The summed E-state index contributed by atoms with van der Waals surface area (Å²) in [6, 6.07) is 1.67. The van der Waals surface area contributed by atoms with Gasteiger partial charge < -0.3 is 9.73 Å². The fourth-order valence-electron chi connectivity index (χ4n) is 0.743. The minimum absolute atomic E-state index is 0.290. The average Bonchev–Trinajstić information content (AvgIpc) is 2.52. The van der Waals surface area contributed by atoms with E-state index in [4.69, 9.17) is 4.42 Å². The van der Waals surface area contributed by atoms with Crippen LogP contribution in [0.4, 0.5) is 0 Å². The molecule has 1 heterocycles. The molecule has 1 aromatic rings. The van der Waals surface area contributed by atoms with Gasteiger partial charge in [0, 0.05) is 0 Å². The third kappa shape index (κ3) is 1.97. The molecule has 0 saturated carbocycles. The van der Waals surface area contributed by atoms with E-state index in [1.807, 2.05) is 7.05 Å². The van der Waals surface area contributed by atoms with Crippen LogP contribution in [0.5, 0.6) is 0 Å². The number of hydrogen-bond acceptors (Lipinski definition) is 3. The molecule has 0 saturated heterocycles. The van der Waals surface area contributed by atoms with Crippen LogP contribution in [-0.4, -0.2) is 19.9 Å². The zero-order valence-electron chi connectivity index (χ0n) is 6.76. The van der Waals surface area contributed by atoms with Crippen molar-refractivity contribution in [3.63, 3.8) is 0 Å². The maximum absolute atomic E-state index is 10.3. The number of furan rings is 1. The molecule has 3 heteroatoms. The largest absolute Gasteiger partial charge is 0.460 e. The predicted octanol–water partition coefficient (Wildman–Crippen LogP) is 0.663. The van der Waals surface area contributed by atoms with E-state index < -0.39 is 0 Å². The Labute approximate surface area is 70.8 Å². The standard InChI is InChI=1S/C9H9NO2/c1-10-5-2-3-8-4-6-12-9(8)7-11/h4,6-7,10H,5H2,1H3. The Balaban J connectivity index is 2.76. The van der Waals surface area contributed by atoms with Crippen LogP contribution in [0.25, 0.3) is 0 Å². The van der Waals surface area contributed by atoms with Gasteiger partial charge in [0.25, 0.3) is 0 Å². The number of nitrogens with one attached hydrogen (secondary N) is 1. The summed E-state index contributed by atoms with van der Waals surface area (Å²) in [5.41, 5.74) is 0.639. The van der Waals surface area contributed by atoms with Gasteiger partial charge in [0.2, 0.25) is 0 Å². The highest BCUT2D eigenvalue weighted by Gasteiger charge is 1.99. The van der Waals surface area contributed by atoms with Gasteiger partial charge in [-0.05, 0) is 13.1 Å². The lowest BCUT2D eigenvalue weighted by Crippen LogP contribution is -2.04. The molecule has 12 heavy (non-hydrogen) atoms. The molecular formula is C9H9NO2. The van der Waals surface area contributed by atoms with Gasteiger partial charge >= 0.3 is 0 Å². The van der Waals surface area contributed by atoms with Crippen molar-refractivity contribution in [1.82, 2.24) is 5.32 Å². The van der Waals surface area contributed by atoms with Gasteiger partial charge in [-0.25, -0.2) is 0 Å². The summed E-state index contributed by atoms with van der Waals surface area (Å²) in [4.78, 5) is 10.3. The maximum atomic E-state index is 10.3. The van der Waals surface area contributed by atoms with Gasteiger partial charge in [-0.2, -0.15) is 0 Å². The first-order valence-corrected chi connectivity index (χ1v) is 3.54. The molecule has 1 N–H and O–H groups in total. The second-order valence-electron chi connectivity index (χ2n) is 2.15. The normalized spacial score (nSPS) is 8.75. The molecular weight excluding hydrogens is 154 g/mol. The van der Waals surface area contributed by atoms with E-state index in [1.54, 1.807) is 6.07 Å². The molecule has 0 atom stereocenters. The highest BCUT2D eigenvalue weighted by atomic mass is 16.3. The summed E-state index contributed by atoms with van der Waals surface area (Å²) in [6.45, 7) is 0.601. The molecule has 0 amide bonds. The Hall–Kier alpha value is -1.53. The molecule has 0 aliphatic heterocycles. The van der Waals surface area contributed by atoms with Gasteiger partial charge in [-0.1, -0.05) is 11.8 Å². The highest BCUT2D eigenvalue weighted by Crippen LogP contribution is 2.04. The van der Waals surface area contributed by atoms with Crippen molar-refractivity contribution in [2.24, 2.45) is 0 Å². The van der Waals surface area contributed by atoms with E-state index in [0.29, 0.717) is 24.2 Å². The van der Waals surface area contributed by atoms with Crippen molar-refractivity contribution >= 4 is 6.29 Å². The average molecular weight is 163 g/mol. The second kappa shape index (κ2) is 4.37. The Bertz CT molecular complexity index is 317. The molecule has 0 aromatic carbocycles. The van der Waals surface area contributed by atoms with Crippen LogP contribution >= 0.6 is 0 Å². The molecule has 0 spiro atoms. The van der Waals surface area contributed by atoms with E-state index in [-0.39, 0.29) is 0 Å². The Morgan fingerprint density at radius 3 is 3.25 bits per heavy atom. The van der Waals surface area contributed by atoms with Crippen molar-refractivity contribution in [3.05, 3.63) is 23.7 Å². The number of rotatable bonds is 2. The molecule has 0 unspecified atom stereocenters. The zero-order valence-corrected chi connectivity index (χ0v) is 6.76. The number of aldehydes is 1. The highest BCUT2D eigenvalue weighted by molar-refractivity contribution is 5.75. The molecule has 62 valence electrons. The molecule has 0 bridgehead atoms.